The van der Waals surface area contributed by atoms with Crippen molar-refractivity contribution < 1.29 is 9.59 Å². The highest BCUT2D eigenvalue weighted by Crippen LogP contribution is 2.52. The Labute approximate surface area is 114 Å². The number of nitrogens with zero attached hydrogens (tertiary/aromatic N) is 1. The zero-order valence-corrected chi connectivity index (χ0v) is 11.6. The first-order valence-corrected chi connectivity index (χ1v) is 7.33. The van der Waals surface area contributed by atoms with E-state index in [0.717, 1.165) is 19.3 Å². The molecule has 2 bridgehead atoms. The Balaban J connectivity index is 1.83. The molecular weight excluding hydrogens is 240 g/mol. The van der Waals surface area contributed by atoms with Gasteiger partial charge in [0, 0.05) is 12.1 Å². The molecule has 104 valence electrons. The highest BCUT2D eigenvalue weighted by molar-refractivity contribution is 6.06. The first-order chi connectivity index (χ1) is 9.00. The fourth-order valence-corrected chi connectivity index (χ4v) is 3.91. The van der Waals surface area contributed by atoms with Crippen LogP contribution in [0.15, 0.2) is 12.2 Å². The Kier molecular flexibility index (Phi) is 2.82. The molecule has 4 heteroatoms. The summed E-state index contributed by atoms with van der Waals surface area (Å²) in [5.41, 5.74) is 5.84. The molecule has 0 spiro atoms. The van der Waals surface area contributed by atoms with Gasteiger partial charge in [-0.25, -0.2) is 0 Å². The molecule has 0 aromatic rings. The number of hydrogen-bond donors (Lipinski definition) is 1. The van der Waals surface area contributed by atoms with Gasteiger partial charge in [0.05, 0.1) is 11.8 Å². The first-order valence-electron chi connectivity index (χ1n) is 7.33. The normalized spacial score (nSPS) is 36.5. The second-order valence-electron chi connectivity index (χ2n) is 6.33. The van der Waals surface area contributed by atoms with Crippen LogP contribution in [0.4, 0.5) is 0 Å². The van der Waals surface area contributed by atoms with Crippen molar-refractivity contribution >= 4 is 11.8 Å². The smallest absolute Gasteiger partial charge is 0.233 e. The summed E-state index contributed by atoms with van der Waals surface area (Å²) < 4.78 is 0. The van der Waals surface area contributed by atoms with E-state index in [1.54, 1.807) is 0 Å². The number of amides is 2. The number of rotatable bonds is 4. The maximum absolute atomic E-state index is 12.5. The van der Waals surface area contributed by atoms with E-state index in [9.17, 15) is 9.59 Å². The number of nitrogens with two attached hydrogens (primary N) is 1. The summed E-state index contributed by atoms with van der Waals surface area (Å²) in [6, 6.07) is 0. The van der Waals surface area contributed by atoms with E-state index < -0.39 is 5.54 Å². The molecule has 4 nitrogen and oxygen atoms in total. The van der Waals surface area contributed by atoms with Crippen molar-refractivity contribution in [3.63, 3.8) is 0 Å². The van der Waals surface area contributed by atoms with Gasteiger partial charge in [-0.3, -0.25) is 14.5 Å². The van der Waals surface area contributed by atoms with Crippen LogP contribution < -0.4 is 5.73 Å². The molecule has 2 amide bonds. The fraction of sp³-hybridized carbons (Fsp3) is 0.733. The van der Waals surface area contributed by atoms with E-state index in [0.29, 0.717) is 6.54 Å². The standard InChI is InChI=1S/C15H22N2O2/c1-3-15(16,4-2)8-17-13(18)11-9-5-6-10(7-9)12(11)14(17)19/h5-6,9-12H,3-4,7-8,16H2,1-2H3. The third kappa shape index (κ3) is 1.69. The van der Waals surface area contributed by atoms with Gasteiger partial charge in [0.1, 0.15) is 0 Å². The Bertz CT molecular complexity index is 423. The van der Waals surface area contributed by atoms with Crippen molar-refractivity contribution in [2.45, 2.75) is 38.6 Å². The van der Waals surface area contributed by atoms with Crippen molar-refractivity contribution in [2.24, 2.45) is 29.4 Å². The zero-order valence-electron chi connectivity index (χ0n) is 11.6. The van der Waals surface area contributed by atoms with Crippen LogP contribution in [0.25, 0.3) is 0 Å². The van der Waals surface area contributed by atoms with Gasteiger partial charge < -0.3 is 5.73 Å². The van der Waals surface area contributed by atoms with Crippen LogP contribution in [0.2, 0.25) is 0 Å². The number of allylic oxidation sites excluding steroid dienone is 2. The van der Waals surface area contributed by atoms with Gasteiger partial charge in [-0.05, 0) is 31.1 Å². The van der Waals surface area contributed by atoms with Gasteiger partial charge in [0.25, 0.3) is 0 Å². The molecule has 1 aliphatic heterocycles. The minimum absolute atomic E-state index is 0.0172. The van der Waals surface area contributed by atoms with Crippen LogP contribution in [-0.4, -0.2) is 28.8 Å². The Morgan fingerprint density at radius 1 is 1.16 bits per heavy atom. The highest BCUT2D eigenvalue weighted by Gasteiger charge is 2.59. The summed E-state index contributed by atoms with van der Waals surface area (Å²) in [6.45, 7) is 4.41. The minimum atomic E-state index is -0.434. The van der Waals surface area contributed by atoms with Crippen LogP contribution in [0, 0.1) is 23.7 Å². The van der Waals surface area contributed by atoms with Crippen molar-refractivity contribution in [3.05, 3.63) is 12.2 Å². The van der Waals surface area contributed by atoms with Crippen LogP contribution in [0.1, 0.15) is 33.1 Å². The molecule has 2 N–H and O–H groups in total. The SMILES string of the molecule is CCC(N)(CC)CN1C(=O)C2C3C=CC(C3)C2C1=O. The summed E-state index contributed by atoms with van der Waals surface area (Å²) in [5, 5.41) is 0. The van der Waals surface area contributed by atoms with Crippen molar-refractivity contribution in [1.82, 2.24) is 4.90 Å². The first kappa shape index (κ1) is 12.9. The van der Waals surface area contributed by atoms with Crippen LogP contribution in [-0.2, 0) is 9.59 Å². The van der Waals surface area contributed by atoms with Gasteiger partial charge in [0.2, 0.25) is 11.8 Å². The third-order valence-electron chi connectivity index (χ3n) is 5.44. The molecule has 0 aromatic carbocycles. The topological polar surface area (TPSA) is 63.4 Å². The molecule has 4 atom stereocenters. The summed E-state index contributed by atoms with van der Waals surface area (Å²) in [7, 11) is 0. The predicted octanol–water partition coefficient (Wildman–Crippen LogP) is 1.31. The zero-order chi connectivity index (χ0) is 13.8. The monoisotopic (exact) mass is 262 g/mol. The number of hydrogen-bond acceptors (Lipinski definition) is 3. The quantitative estimate of drug-likeness (QED) is 0.614. The molecule has 2 fully saturated rings. The molecule has 4 unspecified atom stereocenters. The fourth-order valence-electron chi connectivity index (χ4n) is 3.91. The maximum atomic E-state index is 12.5. The molecule has 19 heavy (non-hydrogen) atoms. The van der Waals surface area contributed by atoms with E-state index in [4.69, 9.17) is 5.73 Å². The van der Waals surface area contributed by atoms with Crippen molar-refractivity contribution in [1.29, 1.82) is 0 Å². The number of likely N-dealkylation sites (tertiary alicyclic amines) is 1. The Morgan fingerprint density at radius 3 is 2.05 bits per heavy atom. The molecular formula is C15H22N2O2. The predicted molar refractivity (Wildman–Crippen MR) is 71.9 cm³/mol. The Morgan fingerprint density at radius 2 is 1.63 bits per heavy atom. The molecule has 0 aromatic heterocycles. The number of fused-ring (bicyclic) bond motifs is 5. The highest BCUT2D eigenvalue weighted by atomic mass is 16.2. The lowest BCUT2D eigenvalue weighted by Gasteiger charge is -2.31. The number of imide groups is 1. The van der Waals surface area contributed by atoms with E-state index in [-0.39, 0.29) is 35.5 Å². The second kappa shape index (κ2) is 4.17. The number of carbonyl (C=O) groups is 2. The Hall–Kier alpha value is -1.16. The second-order valence-corrected chi connectivity index (χ2v) is 6.33. The van der Waals surface area contributed by atoms with Gasteiger partial charge in [-0.15, -0.1) is 0 Å². The van der Waals surface area contributed by atoms with Crippen molar-refractivity contribution in [3.8, 4) is 0 Å². The van der Waals surface area contributed by atoms with E-state index in [1.807, 2.05) is 13.8 Å². The van der Waals surface area contributed by atoms with Gasteiger partial charge >= 0.3 is 0 Å². The lowest BCUT2D eigenvalue weighted by atomic mass is 9.85. The molecule has 1 saturated carbocycles. The summed E-state index contributed by atoms with van der Waals surface area (Å²) in [4.78, 5) is 26.5. The van der Waals surface area contributed by atoms with Crippen LogP contribution >= 0.6 is 0 Å². The largest absolute Gasteiger partial charge is 0.324 e. The summed E-state index contributed by atoms with van der Waals surface area (Å²) >= 11 is 0. The van der Waals surface area contributed by atoms with E-state index in [2.05, 4.69) is 12.2 Å². The van der Waals surface area contributed by atoms with Gasteiger partial charge in [-0.1, -0.05) is 26.0 Å². The number of carbonyl (C=O) groups excluding carboxylic acids is 2. The maximum Gasteiger partial charge on any atom is 0.233 e. The molecule has 3 rings (SSSR count). The van der Waals surface area contributed by atoms with Crippen LogP contribution in [0.5, 0.6) is 0 Å². The third-order valence-corrected chi connectivity index (χ3v) is 5.44. The van der Waals surface area contributed by atoms with Crippen LogP contribution in [0.3, 0.4) is 0 Å². The summed E-state index contributed by atoms with van der Waals surface area (Å²) in [5.74, 6) is 0.409. The lowest BCUT2D eigenvalue weighted by Crippen LogP contribution is -2.51. The minimum Gasteiger partial charge on any atom is -0.324 e. The average molecular weight is 262 g/mol. The van der Waals surface area contributed by atoms with E-state index >= 15 is 0 Å². The van der Waals surface area contributed by atoms with Gasteiger partial charge in [-0.2, -0.15) is 0 Å². The van der Waals surface area contributed by atoms with E-state index in [1.165, 1.54) is 4.90 Å². The summed E-state index contributed by atoms with van der Waals surface area (Å²) in [6.07, 6.45) is 6.78. The molecule has 0 radical (unpaired) electrons. The van der Waals surface area contributed by atoms with Gasteiger partial charge in [0.15, 0.2) is 0 Å². The molecule has 2 aliphatic carbocycles. The molecule has 3 aliphatic rings. The molecule has 1 heterocycles. The van der Waals surface area contributed by atoms with Crippen molar-refractivity contribution in [2.75, 3.05) is 6.54 Å². The lowest BCUT2D eigenvalue weighted by molar-refractivity contribution is -0.141. The molecule has 1 saturated heterocycles. The average Bonchev–Trinajstić information content (AvgIpc) is 3.08.